The van der Waals surface area contributed by atoms with Crippen molar-refractivity contribution in [2.75, 3.05) is 18.0 Å². The van der Waals surface area contributed by atoms with E-state index in [1.807, 2.05) is 6.92 Å². The van der Waals surface area contributed by atoms with Gasteiger partial charge in [-0.25, -0.2) is 0 Å². The lowest BCUT2D eigenvalue weighted by Gasteiger charge is -2.25. The summed E-state index contributed by atoms with van der Waals surface area (Å²) in [5.41, 5.74) is 7.53. The first kappa shape index (κ1) is 13.8. The van der Waals surface area contributed by atoms with Crippen LogP contribution in [-0.4, -0.2) is 23.8 Å². The molecular weight excluding hydrogens is 292 g/mol. The molecule has 0 aromatic heterocycles. The van der Waals surface area contributed by atoms with E-state index < -0.39 is 5.60 Å². The summed E-state index contributed by atoms with van der Waals surface area (Å²) < 4.78 is 1.07. The van der Waals surface area contributed by atoms with Crippen molar-refractivity contribution in [3.8, 4) is 0 Å². The van der Waals surface area contributed by atoms with Crippen molar-refractivity contribution < 1.29 is 5.11 Å². The van der Waals surface area contributed by atoms with Gasteiger partial charge in [0.05, 0.1) is 5.60 Å². The molecule has 0 radical (unpaired) electrons. The third-order valence-electron chi connectivity index (χ3n) is 3.61. The third kappa shape index (κ3) is 3.46. The molecule has 0 spiro atoms. The maximum Gasteiger partial charge on any atom is 0.0637 e. The Kier molecular flexibility index (Phi) is 4.30. The lowest BCUT2D eigenvalue weighted by atomic mass is 9.98. The van der Waals surface area contributed by atoms with E-state index in [9.17, 15) is 5.11 Å². The number of hydrogen-bond acceptors (Lipinski definition) is 3. The molecule has 1 aliphatic rings. The molecule has 1 unspecified atom stereocenters. The highest BCUT2D eigenvalue weighted by Gasteiger charge is 2.25. The van der Waals surface area contributed by atoms with Crippen molar-refractivity contribution in [3.05, 3.63) is 28.2 Å². The minimum Gasteiger partial charge on any atom is -0.390 e. The van der Waals surface area contributed by atoms with E-state index in [1.54, 1.807) is 0 Å². The molecule has 1 aromatic carbocycles. The van der Waals surface area contributed by atoms with Crippen LogP contribution in [0.25, 0.3) is 0 Å². The highest BCUT2D eigenvalue weighted by Crippen LogP contribution is 2.28. The summed E-state index contributed by atoms with van der Waals surface area (Å²) >= 11 is 3.53. The van der Waals surface area contributed by atoms with Gasteiger partial charge in [0.15, 0.2) is 0 Å². The van der Waals surface area contributed by atoms with Gasteiger partial charge in [-0.3, -0.25) is 0 Å². The fraction of sp³-hybridized carbons (Fsp3) is 0.571. The number of hydrogen-bond donors (Lipinski definition) is 2. The summed E-state index contributed by atoms with van der Waals surface area (Å²) in [4.78, 5) is 2.34. The molecule has 0 bridgehead atoms. The monoisotopic (exact) mass is 312 g/mol. The normalized spacial score (nSPS) is 25.0. The lowest BCUT2D eigenvalue weighted by Crippen LogP contribution is -2.28. The molecular formula is C14H21BrN2O. The minimum atomic E-state index is -0.516. The predicted octanol–water partition coefficient (Wildman–Crippen LogP) is 2.65. The average Bonchev–Trinajstić information content (AvgIpc) is 2.49. The van der Waals surface area contributed by atoms with Crippen LogP contribution in [0.15, 0.2) is 22.7 Å². The van der Waals surface area contributed by atoms with Crippen molar-refractivity contribution >= 4 is 21.6 Å². The molecule has 3 N–H and O–H groups in total. The van der Waals surface area contributed by atoms with Gasteiger partial charge in [0.1, 0.15) is 0 Å². The van der Waals surface area contributed by atoms with Crippen LogP contribution in [0, 0.1) is 0 Å². The first-order chi connectivity index (χ1) is 8.50. The van der Waals surface area contributed by atoms with Crippen LogP contribution in [0.3, 0.4) is 0 Å². The number of aliphatic hydroxyl groups is 1. The second-order valence-corrected chi connectivity index (χ2v) is 6.28. The molecule has 1 atom stereocenters. The zero-order chi connectivity index (χ0) is 13.2. The largest absolute Gasteiger partial charge is 0.390 e. The highest BCUT2D eigenvalue weighted by molar-refractivity contribution is 9.10. The first-order valence-corrected chi connectivity index (χ1v) is 7.26. The smallest absolute Gasteiger partial charge is 0.0637 e. The summed E-state index contributed by atoms with van der Waals surface area (Å²) in [5.74, 6) is 0. The maximum absolute atomic E-state index is 10.1. The fourth-order valence-corrected chi connectivity index (χ4v) is 2.98. The number of nitrogens with two attached hydrogens (primary N) is 1. The third-order valence-corrected chi connectivity index (χ3v) is 4.06. The molecule has 1 fully saturated rings. The Morgan fingerprint density at radius 1 is 1.33 bits per heavy atom. The Balaban J connectivity index is 2.18. The fourth-order valence-electron chi connectivity index (χ4n) is 2.46. The summed E-state index contributed by atoms with van der Waals surface area (Å²) in [6.45, 7) is 4.38. The topological polar surface area (TPSA) is 49.5 Å². The molecule has 0 aliphatic carbocycles. The van der Waals surface area contributed by atoms with Crippen molar-refractivity contribution in [1.29, 1.82) is 0 Å². The molecule has 0 amide bonds. The molecule has 0 saturated carbocycles. The number of anilines is 1. The van der Waals surface area contributed by atoms with E-state index in [0.29, 0.717) is 6.54 Å². The molecule has 1 aromatic rings. The summed E-state index contributed by atoms with van der Waals surface area (Å²) in [7, 11) is 0. The number of nitrogens with zero attached hydrogens (tertiary/aromatic N) is 1. The van der Waals surface area contributed by atoms with Gasteiger partial charge >= 0.3 is 0 Å². The quantitative estimate of drug-likeness (QED) is 0.882. The molecule has 1 heterocycles. The first-order valence-electron chi connectivity index (χ1n) is 6.47. The molecule has 1 aliphatic heterocycles. The van der Waals surface area contributed by atoms with Gasteiger partial charge < -0.3 is 15.7 Å². The minimum absolute atomic E-state index is 0.516. The summed E-state index contributed by atoms with van der Waals surface area (Å²) in [6, 6.07) is 6.32. The van der Waals surface area contributed by atoms with E-state index in [-0.39, 0.29) is 0 Å². The van der Waals surface area contributed by atoms with Gasteiger partial charge in [-0.05, 0) is 49.9 Å². The van der Waals surface area contributed by atoms with Crippen molar-refractivity contribution in [2.45, 2.75) is 38.3 Å². The second-order valence-electron chi connectivity index (χ2n) is 5.36. The molecule has 100 valence electrons. The molecule has 1 saturated heterocycles. The van der Waals surface area contributed by atoms with Crippen LogP contribution in [0.4, 0.5) is 5.69 Å². The van der Waals surface area contributed by atoms with Crippen molar-refractivity contribution in [1.82, 2.24) is 0 Å². The average molecular weight is 313 g/mol. The van der Waals surface area contributed by atoms with Gasteiger partial charge in [-0.15, -0.1) is 0 Å². The Morgan fingerprint density at radius 2 is 2.11 bits per heavy atom. The standard InChI is InChI=1S/C14H21BrN2O/c1-14(18)3-2-5-17(6-4-14)13-8-11(10-16)7-12(15)9-13/h7-9,18H,2-6,10,16H2,1H3. The maximum atomic E-state index is 10.1. The predicted molar refractivity (Wildman–Crippen MR) is 78.7 cm³/mol. The van der Waals surface area contributed by atoms with Crippen LogP contribution in [0.2, 0.25) is 0 Å². The van der Waals surface area contributed by atoms with Gasteiger partial charge in [-0.2, -0.15) is 0 Å². The van der Waals surface area contributed by atoms with E-state index in [4.69, 9.17) is 5.73 Å². The van der Waals surface area contributed by atoms with Crippen molar-refractivity contribution in [2.24, 2.45) is 5.73 Å². The zero-order valence-corrected chi connectivity index (χ0v) is 12.4. The van der Waals surface area contributed by atoms with Crippen LogP contribution in [0.5, 0.6) is 0 Å². The molecule has 4 heteroatoms. The van der Waals surface area contributed by atoms with Gasteiger partial charge in [0, 0.05) is 29.8 Å². The van der Waals surface area contributed by atoms with E-state index in [0.717, 1.165) is 42.4 Å². The summed E-state index contributed by atoms with van der Waals surface area (Å²) in [6.07, 6.45) is 2.72. The van der Waals surface area contributed by atoms with Crippen LogP contribution < -0.4 is 10.6 Å². The van der Waals surface area contributed by atoms with Crippen LogP contribution >= 0.6 is 15.9 Å². The van der Waals surface area contributed by atoms with Crippen molar-refractivity contribution in [3.63, 3.8) is 0 Å². The molecule has 3 nitrogen and oxygen atoms in total. The Morgan fingerprint density at radius 3 is 2.83 bits per heavy atom. The molecule has 2 rings (SSSR count). The van der Waals surface area contributed by atoms with Gasteiger partial charge in [0.25, 0.3) is 0 Å². The van der Waals surface area contributed by atoms with Gasteiger partial charge in [-0.1, -0.05) is 15.9 Å². The van der Waals surface area contributed by atoms with E-state index in [1.165, 1.54) is 5.69 Å². The number of rotatable bonds is 2. The lowest BCUT2D eigenvalue weighted by molar-refractivity contribution is 0.0481. The van der Waals surface area contributed by atoms with E-state index >= 15 is 0 Å². The highest BCUT2D eigenvalue weighted by atomic mass is 79.9. The second kappa shape index (κ2) is 5.59. The van der Waals surface area contributed by atoms with E-state index in [2.05, 4.69) is 39.0 Å². The number of halogens is 1. The van der Waals surface area contributed by atoms with Crippen LogP contribution in [0.1, 0.15) is 31.7 Å². The summed E-state index contributed by atoms with van der Waals surface area (Å²) in [5, 5.41) is 10.1. The van der Waals surface area contributed by atoms with Gasteiger partial charge in [0.2, 0.25) is 0 Å². The zero-order valence-electron chi connectivity index (χ0n) is 10.8. The Hall–Kier alpha value is -0.580. The number of benzene rings is 1. The molecule has 18 heavy (non-hydrogen) atoms. The SMILES string of the molecule is CC1(O)CCCN(c2cc(Br)cc(CN)c2)CC1. The Bertz CT molecular complexity index is 420. The Labute approximate surface area is 117 Å². The van der Waals surface area contributed by atoms with Crippen LogP contribution in [-0.2, 0) is 6.54 Å².